The van der Waals surface area contributed by atoms with Crippen molar-refractivity contribution in [1.29, 1.82) is 0 Å². The highest BCUT2D eigenvalue weighted by molar-refractivity contribution is 7.92. The number of carbonyl (C=O) groups excluding carboxylic acids is 1. The van der Waals surface area contributed by atoms with Gasteiger partial charge in [0.2, 0.25) is 0 Å². The molecule has 6 nitrogen and oxygen atoms in total. The molecule has 7 heteroatoms. The van der Waals surface area contributed by atoms with Crippen molar-refractivity contribution in [2.45, 2.75) is 11.8 Å². The summed E-state index contributed by atoms with van der Waals surface area (Å²) >= 11 is 0. The molecule has 33 heavy (non-hydrogen) atoms. The second kappa shape index (κ2) is 10.9. The molecule has 0 saturated heterocycles. The zero-order valence-electron chi connectivity index (χ0n) is 19.0. The number of nitrogens with zero attached hydrogens (tertiary/aromatic N) is 1. The Balaban J connectivity index is 1.83. The molecule has 0 amide bonds. The fraction of sp³-hybridized carbons (Fsp3) is 0.192. The zero-order chi connectivity index (χ0) is 23.8. The van der Waals surface area contributed by atoms with Crippen molar-refractivity contribution in [3.63, 3.8) is 0 Å². The van der Waals surface area contributed by atoms with Gasteiger partial charge in [0, 0.05) is 17.7 Å². The Kier molecular flexibility index (Phi) is 8.03. The number of benzene rings is 3. The second-order valence-corrected chi connectivity index (χ2v) is 9.54. The van der Waals surface area contributed by atoms with Crippen molar-refractivity contribution in [2.75, 3.05) is 32.0 Å². The SMILES string of the molecule is Cc1ccc(OCCN(C)C)c(/C=C/C(=O)c2ccccc2NS(=O)(=O)c2ccccc2)c1. The number of allylic oxidation sites excluding steroid dienone is 1. The van der Waals surface area contributed by atoms with Crippen LogP contribution in [0.25, 0.3) is 6.08 Å². The number of sulfonamides is 1. The van der Waals surface area contributed by atoms with Crippen LogP contribution in [0.5, 0.6) is 5.75 Å². The molecular weight excluding hydrogens is 436 g/mol. The van der Waals surface area contributed by atoms with Gasteiger partial charge in [0.25, 0.3) is 10.0 Å². The van der Waals surface area contributed by atoms with Crippen molar-refractivity contribution in [1.82, 2.24) is 4.90 Å². The van der Waals surface area contributed by atoms with Gasteiger partial charge in [0.15, 0.2) is 5.78 Å². The molecule has 3 aromatic rings. The van der Waals surface area contributed by atoms with Crippen molar-refractivity contribution in [2.24, 2.45) is 0 Å². The lowest BCUT2D eigenvalue weighted by atomic mass is 10.1. The lowest BCUT2D eigenvalue weighted by Gasteiger charge is -2.13. The summed E-state index contributed by atoms with van der Waals surface area (Å²) in [4.78, 5) is 15.1. The first-order valence-electron chi connectivity index (χ1n) is 10.5. The Morgan fingerprint density at radius 1 is 1.00 bits per heavy atom. The molecule has 0 atom stereocenters. The number of hydrogen-bond acceptors (Lipinski definition) is 5. The van der Waals surface area contributed by atoms with Crippen LogP contribution in [0.2, 0.25) is 0 Å². The molecule has 0 bridgehead atoms. The average molecular weight is 465 g/mol. The van der Waals surface area contributed by atoms with Crippen LogP contribution in [0.15, 0.2) is 83.8 Å². The highest BCUT2D eigenvalue weighted by Crippen LogP contribution is 2.24. The van der Waals surface area contributed by atoms with E-state index < -0.39 is 10.0 Å². The van der Waals surface area contributed by atoms with Crippen LogP contribution in [-0.2, 0) is 10.0 Å². The first-order valence-corrected chi connectivity index (χ1v) is 12.0. The van der Waals surface area contributed by atoms with E-state index in [4.69, 9.17) is 4.74 Å². The van der Waals surface area contributed by atoms with Crippen LogP contribution in [0.4, 0.5) is 5.69 Å². The van der Waals surface area contributed by atoms with Gasteiger partial charge in [-0.1, -0.05) is 42.0 Å². The minimum atomic E-state index is -3.82. The van der Waals surface area contributed by atoms with E-state index in [1.165, 1.54) is 18.2 Å². The number of carbonyl (C=O) groups is 1. The molecule has 0 radical (unpaired) electrons. The highest BCUT2D eigenvalue weighted by atomic mass is 32.2. The molecule has 0 aromatic heterocycles. The fourth-order valence-electron chi connectivity index (χ4n) is 3.11. The third kappa shape index (κ3) is 6.78. The van der Waals surface area contributed by atoms with Crippen molar-refractivity contribution in [3.05, 3.63) is 95.6 Å². The van der Waals surface area contributed by atoms with Gasteiger partial charge in [-0.15, -0.1) is 0 Å². The van der Waals surface area contributed by atoms with Gasteiger partial charge in [-0.3, -0.25) is 9.52 Å². The molecule has 0 aliphatic heterocycles. The molecular formula is C26H28N2O4S. The summed E-state index contributed by atoms with van der Waals surface area (Å²) in [6, 6.07) is 20.4. The summed E-state index contributed by atoms with van der Waals surface area (Å²) in [5.74, 6) is 0.367. The van der Waals surface area contributed by atoms with E-state index in [0.717, 1.165) is 17.7 Å². The molecule has 172 valence electrons. The standard InChI is InChI=1S/C26H28N2O4S/c1-20-13-16-26(32-18-17-28(2)3)21(19-20)14-15-25(29)23-11-7-8-12-24(23)27-33(30,31)22-9-5-4-6-10-22/h4-16,19,27H,17-18H2,1-3H3/b15-14+. The lowest BCUT2D eigenvalue weighted by molar-refractivity contribution is 0.104. The maximum Gasteiger partial charge on any atom is 0.261 e. The van der Waals surface area contributed by atoms with E-state index in [9.17, 15) is 13.2 Å². The van der Waals surface area contributed by atoms with Crippen LogP contribution < -0.4 is 9.46 Å². The van der Waals surface area contributed by atoms with Gasteiger partial charge < -0.3 is 9.64 Å². The van der Waals surface area contributed by atoms with Gasteiger partial charge in [0.05, 0.1) is 10.6 Å². The first kappa shape index (κ1) is 24.2. The van der Waals surface area contributed by atoms with Crippen LogP contribution in [0, 0.1) is 6.92 Å². The van der Waals surface area contributed by atoms with Crippen molar-refractivity contribution in [3.8, 4) is 5.75 Å². The number of anilines is 1. The lowest BCUT2D eigenvalue weighted by Crippen LogP contribution is -2.19. The molecule has 3 aromatic carbocycles. The summed E-state index contributed by atoms with van der Waals surface area (Å²) in [5, 5.41) is 0. The first-order chi connectivity index (χ1) is 15.8. The van der Waals surface area contributed by atoms with E-state index in [2.05, 4.69) is 4.72 Å². The smallest absolute Gasteiger partial charge is 0.261 e. The van der Waals surface area contributed by atoms with Crippen LogP contribution >= 0.6 is 0 Å². The molecule has 0 unspecified atom stereocenters. The summed E-state index contributed by atoms with van der Waals surface area (Å²) in [5.41, 5.74) is 2.31. The molecule has 0 heterocycles. The number of rotatable bonds is 10. The van der Waals surface area contributed by atoms with Crippen LogP contribution in [0.3, 0.4) is 0 Å². The summed E-state index contributed by atoms with van der Waals surface area (Å²) in [6.07, 6.45) is 3.13. The molecule has 0 aliphatic rings. The maximum atomic E-state index is 13.0. The third-order valence-corrected chi connectivity index (χ3v) is 6.25. The van der Waals surface area contributed by atoms with Gasteiger partial charge in [-0.25, -0.2) is 8.42 Å². The summed E-state index contributed by atoms with van der Waals surface area (Å²) in [6.45, 7) is 3.26. The van der Waals surface area contributed by atoms with Crippen molar-refractivity contribution < 1.29 is 17.9 Å². The van der Waals surface area contributed by atoms with E-state index in [0.29, 0.717) is 12.4 Å². The zero-order valence-corrected chi connectivity index (χ0v) is 19.8. The quantitative estimate of drug-likeness (QED) is 0.350. The number of ketones is 1. The fourth-order valence-corrected chi connectivity index (χ4v) is 4.21. The van der Waals surface area contributed by atoms with Gasteiger partial charge in [0.1, 0.15) is 12.4 Å². The molecule has 0 spiro atoms. The average Bonchev–Trinajstić information content (AvgIpc) is 2.79. The van der Waals surface area contributed by atoms with Crippen molar-refractivity contribution >= 4 is 27.6 Å². The topological polar surface area (TPSA) is 75.7 Å². The molecule has 1 N–H and O–H groups in total. The normalized spacial score (nSPS) is 11.6. The van der Waals surface area contributed by atoms with E-state index in [1.54, 1.807) is 48.5 Å². The van der Waals surface area contributed by atoms with Crippen LogP contribution in [0.1, 0.15) is 21.5 Å². The Hall–Kier alpha value is -3.42. The van der Waals surface area contributed by atoms with E-state index in [-0.39, 0.29) is 21.9 Å². The highest BCUT2D eigenvalue weighted by Gasteiger charge is 2.17. The number of nitrogens with one attached hydrogen (secondary N) is 1. The Labute approximate surface area is 195 Å². The third-order valence-electron chi connectivity index (χ3n) is 4.87. The van der Waals surface area contributed by atoms with E-state index in [1.807, 2.05) is 44.1 Å². The van der Waals surface area contributed by atoms with Gasteiger partial charge >= 0.3 is 0 Å². The number of ether oxygens (including phenoxy) is 1. The predicted octanol–water partition coefficient (Wildman–Crippen LogP) is 4.63. The summed E-state index contributed by atoms with van der Waals surface area (Å²) in [7, 11) is 0.131. The molecule has 0 fully saturated rings. The van der Waals surface area contributed by atoms with E-state index >= 15 is 0 Å². The Bertz CT molecular complexity index is 1240. The predicted molar refractivity (Wildman–Crippen MR) is 132 cm³/mol. The summed E-state index contributed by atoms with van der Waals surface area (Å²) < 4.78 is 33.9. The van der Waals surface area contributed by atoms with Gasteiger partial charge in [-0.05, 0) is 69.6 Å². The number of likely N-dealkylation sites (N-methyl/N-ethyl adjacent to an activating group) is 1. The maximum absolute atomic E-state index is 13.0. The number of aryl methyl sites for hydroxylation is 1. The Morgan fingerprint density at radius 3 is 2.42 bits per heavy atom. The molecule has 0 saturated carbocycles. The number of hydrogen-bond donors (Lipinski definition) is 1. The monoisotopic (exact) mass is 464 g/mol. The molecule has 0 aliphatic carbocycles. The minimum Gasteiger partial charge on any atom is -0.492 e. The Morgan fingerprint density at radius 2 is 1.70 bits per heavy atom. The molecule has 3 rings (SSSR count). The van der Waals surface area contributed by atoms with Gasteiger partial charge in [-0.2, -0.15) is 0 Å². The largest absolute Gasteiger partial charge is 0.492 e. The minimum absolute atomic E-state index is 0.127. The number of para-hydroxylation sites is 1. The van der Waals surface area contributed by atoms with Crippen LogP contribution in [-0.4, -0.2) is 46.3 Å². The second-order valence-electron chi connectivity index (χ2n) is 7.85.